The van der Waals surface area contributed by atoms with E-state index in [0.29, 0.717) is 16.0 Å². The van der Waals surface area contributed by atoms with Gasteiger partial charge in [0.15, 0.2) is 0 Å². The van der Waals surface area contributed by atoms with Crippen molar-refractivity contribution < 1.29 is 9.53 Å². The van der Waals surface area contributed by atoms with Gasteiger partial charge in [0, 0.05) is 0 Å². The van der Waals surface area contributed by atoms with Gasteiger partial charge in [-0.25, -0.2) is 9.78 Å². The highest BCUT2D eigenvalue weighted by Crippen LogP contribution is 2.17. The van der Waals surface area contributed by atoms with Crippen LogP contribution >= 0.6 is 0 Å². The normalized spacial score (nSPS) is 10.1. The molecule has 0 spiro atoms. The van der Waals surface area contributed by atoms with Crippen molar-refractivity contribution in [1.82, 2.24) is 9.97 Å². The highest BCUT2D eigenvalue weighted by atomic mass is 16.6. The predicted octanol–water partition coefficient (Wildman–Crippen LogP) is 1.82. The molecule has 0 fully saturated rings. The average molecular weight is 220 g/mol. The summed E-state index contributed by atoms with van der Waals surface area (Å²) in [5, 5.41) is 3.05. The zero-order chi connectivity index (χ0) is 11.5. The van der Waals surface area contributed by atoms with E-state index >= 15 is 0 Å². The minimum Gasteiger partial charge on any atom is -0.451 e. The van der Waals surface area contributed by atoms with Crippen LogP contribution < -0.4 is 5.01 Å². The van der Waals surface area contributed by atoms with Gasteiger partial charge in [-0.05, 0) is 12.1 Å². The van der Waals surface area contributed by atoms with Gasteiger partial charge in [0.25, 0.3) is 0 Å². The van der Waals surface area contributed by atoms with Crippen LogP contribution in [0.5, 0.6) is 0 Å². The lowest BCUT2D eigenvalue weighted by atomic mass is 10.3. The van der Waals surface area contributed by atoms with E-state index < -0.39 is 6.09 Å². The molecule has 1 aromatic heterocycles. The molecule has 0 unspecified atom stereocenters. The number of hydrogen-bond acceptors (Lipinski definition) is 5. The average Bonchev–Trinajstić information content (AvgIpc) is 2.72. The van der Waals surface area contributed by atoms with Crippen LogP contribution in [-0.4, -0.2) is 23.2 Å². The second-order valence-electron chi connectivity index (χ2n) is 2.94. The molecular formula is C9H8N4O3. The summed E-state index contributed by atoms with van der Waals surface area (Å²) in [6, 6.07) is 7.12. The Hall–Kier alpha value is -2.44. The number of para-hydroxylation sites is 2. The van der Waals surface area contributed by atoms with Gasteiger partial charge in [-0.15, -0.1) is 4.91 Å². The van der Waals surface area contributed by atoms with Gasteiger partial charge >= 0.3 is 6.09 Å². The summed E-state index contributed by atoms with van der Waals surface area (Å²) in [6.45, 7) is 0. The summed E-state index contributed by atoms with van der Waals surface area (Å²) in [6.07, 6.45) is -0.894. The summed E-state index contributed by atoms with van der Waals surface area (Å²) in [7, 11) is 1.16. The number of anilines is 1. The van der Waals surface area contributed by atoms with E-state index in [9.17, 15) is 9.70 Å². The number of carbonyl (C=O) groups is 1. The maximum Gasteiger partial charge on any atom is 0.440 e. The fourth-order valence-corrected chi connectivity index (χ4v) is 1.28. The van der Waals surface area contributed by atoms with E-state index in [1.807, 2.05) is 0 Å². The van der Waals surface area contributed by atoms with E-state index in [1.165, 1.54) is 0 Å². The number of fused-ring (bicyclic) bond motifs is 1. The molecule has 0 saturated heterocycles. The Morgan fingerprint density at radius 1 is 1.50 bits per heavy atom. The van der Waals surface area contributed by atoms with E-state index in [1.54, 1.807) is 24.3 Å². The lowest BCUT2D eigenvalue weighted by Gasteiger charge is -2.06. The summed E-state index contributed by atoms with van der Waals surface area (Å²) in [5.74, 6) is 0.0306. The van der Waals surface area contributed by atoms with Gasteiger partial charge in [-0.3, -0.25) is 0 Å². The van der Waals surface area contributed by atoms with Crippen LogP contribution in [-0.2, 0) is 4.74 Å². The predicted molar refractivity (Wildman–Crippen MR) is 56.8 cm³/mol. The second kappa shape index (κ2) is 3.97. The first-order valence-electron chi connectivity index (χ1n) is 4.42. The number of aromatic amines is 1. The van der Waals surface area contributed by atoms with E-state index in [2.05, 4.69) is 20.0 Å². The van der Waals surface area contributed by atoms with Crippen LogP contribution in [0.1, 0.15) is 0 Å². The lowest BCUT2D eigenvalue weighted by molar-refractivity contribution is 0.178. The van der Waals surface area contributed by atoms with Crippen LogP contribution in [0.4, 0.5) is 10.7 Å². The molecule has 1 heterocycles. The molecule has 1 N–H and O–H groups in total. The monoisotopic (exact) mass is 220 g/mol. The zero-order valence-corrected chi connectivity index (χ0v) is 8.38. The molecule has 7 heteroatoms. The molecule has 2 rings (SSSR count). The van der Waals surface area contributed by atoms with Crippen LogP contribution in [0.2, 0.25) is 0 Å². The number of benzene rings is 1. The molecular weight excluding hydrogens is 212 g/mol. The minimum atomic E-state index is -0.894. The number of H-pyrrole nitrogens is 1. The Labute approximate surface area is 90.0 Å². The van der Waals surface area contributed by atoms with Crippen LogP contribution in [0.3, 0.4) is 0 Å². The van der Waals surface area contributed by atoms with Crippen molar-refractivity contribution in [2.24, 2.45) is 5.29 Å². The number of methoxy groups -OCH3 is 1. The van der Waals surface area contributed by atoms with Crippen molar-refractivity contribution in [2.45, 2.75) is 0 Å². The smallest absolute Gasteiger partial charge is 0.440 e. The maximum absolute atomic E-state index is 11.2. The SMILES string of the molecule is COC(=O)N(N=O)c1nc2ccccc2[nH]1. The third-order valence-corrected chi connectivity index (χ3v) is 2.01. The van der Waals surface area contributed by atoms with Crippen molar-refractivity contribution in [3.63, 3.8) is 0 Å². The molecule has 0 bridgehead atoms. The highest BCUT2D eigenvalue weighted by Gasteiger charge is 2.20. The van der Waals surface area contributed by atoms with Crippen molar-refractivity contribution in [2.75, 3.05) is 12.1 Å². The Morgan fingerprint density at radius 2 is 2.25 bits per heavy atom. The molecule has 0 aliphatic carbocycles. The molecule has 2 aromatic rings. The number of imidazole rings is 1. The van der Waals surface area contributed by atoms with Crippen LogP contribution in [0, 0.1) is 4.91 Å². The molecule has 0 atom stereocenters. The lowest BCUT2D eigenvalue weighted by Crippen LogP contribution is -2.25. The standard InChI is InChI=1S/C9H8N4O3/c1-16-9(14)13(12-15)8-10-6-4-2-3-5-7(6)11-8/h2-5H,1H3,(H,10,11). The van der Waals surface area contributed by atoms with Crippen molar-refractivity contribution >= 4 is 23.1 Å². The van der Waals surface area contributed by atoms with Crippen molar-refractivity contribution in [3.05, 3.63) is 29.2 Å². The molecule has 7 nitrogen and oxygen atoms in total. The Bertz CT molecular complexity index is 503. The molecule has 1 aromatic carbocycles. The number of nitroso groups, excluding NO2 is 1. The van der Waals surface area contributed by atoms with Gasteiger partial charge in [0.2, 0.25) is 5.95 Å². The third-order valence-electron chi connectivity index (χ3n) is 2.01. The summed E-state index contributed by atoms with van der Waals surface area (Å²) >= 11 is 0. The van der Waals surface area contributed by atoms with Gasteiger partial charge in [0.1, 0.15) is 0 Å². The number of carbonyl (C=O) groups excluding carboxylic acids is 1. The fourth-order valence-electron chi connectivity index (χ4n) is 1.28. The third kappa shape index (κ3) is 1.58. The summed E-state index contributed by atoms with van der Waals surface area (Å²) in [4.78, 5) is 28.5. The van der Waals surface area contributed by atoms with Gasteiger partial charge in [-0.2, -0.15) is 0 Å². The topological polar surface area (TPSA) is 87.7 Å². The number of hydrogen-bond donors (Lipinski definition) is 1. The number of amides is 1. The number of aromatic nitrogens is 2. The zero-order valence-electron chi connectivity index (χ0n) is 8.38. The number of nitrogens with zero attached hydrogens (tertiary/aromatic N) is 3. The Balaban J connectivity index is 2.45. The number of rotatable bonds is 2. The largest absolute Gasteiger partial charge is 0.451 e. The van der Waals surface area contributed by atoms with E-state index in [-0.39, 0.29) is 5.95 Å². The first-order chi connectivity index (χ1) is 7.76. The molecule has 16 heavy (non-hydrogen) atoms. The molecule has 0 aliphatic rings. The molecule has 0 saturated carbocycles. The number of nitrogens with one attached hydrogen (secondary N) is 1. The van der Waals surface area contributed by atoms with Crippen molar-refractivity contribution in [3.8, 4) is 0 Å². The molecule has 1 amide bonds. The quantitative estimate of drug-likeness (QED) is 0.617. The first kappa shape index (κ1) is 10.1. The van der Waals surface area contributed by atoms with Gasteiger partial charge in [-0.1, -0.05) is 17.1 Å². The first-order valence-corrected chi connectivity index (χ1v) is 4.42. The second-order valence-corrected chi connectivity index (χ2v) is 2.94. The summed E-state index contributed by atoms with van der Waals surface area (Å²) in [5.41, 5.74) is 1.34. The van der Waals surface area contributed by atoms with E-state index in [0.717, 1.165) is 7.11 Å². The van der Waals surface area contributed by atoms with E-state index in [4.69, 9.17) is 0 Å². The van der Waals surface area contributed by atoms with Crippen LogP contribution in [0.25, 0.3) is 11.0 Å². The van der Waals surface area contributed by atoms with Gasteiger partial charge < -0.3 is 9.72 Å². The Morgan fingerprint density at radius 3 is 2.88 bits per heavy atom. The number of ether oxygens (including phenoxy) is 1. The van der Waals surface area contributed by atoms with Crippen LogP contribution in [0.15, 0.2) is 29.6 Å². The highest BCUT2D eigenvalue weighted by molar-refractivity contribution is 5.87. The molecule has 82 valence electrons. The van der Waals surface area contributed by atoms with Crippen molar-refractivity contribution in [1.29, 1.82) is 0 Å². The summed E-state index contributed by atoms with van der Waals surface area (Å²) < 4.78 is 4.39. The Kier molecular flexibility index (Phi) is 2.50. The minimum absolute atomic E-state index is 0.0306. The fraction of sp³-hybridized carbons (Fsp3) is 0.111. The maximum atomic E-state index is 11.2. The molecule has 0 aliphatic heterocycles. The molecule has 0 radical (unpaired) electrons. The van der Waals surface area contributed by atoms with Gasteiger partial charge in [0.05, 0.1) is 23.4 Å².